The maximum absolute atomic E-state index is 14.4. The number of alkyl halides is 1. The molecule has 2 aromatic heterocycles. The van der Waals surface area contributed by atoms with E-state index >= 15 is 0 Å². The molecule has 0 radical (unpaired) electrons. The van der Waals surface area contributed by atoms with E-state index in [0.717, 1.165) is 15.6 Å². The number of carbonyl (C=O) groups is 1. The molecule has 162 valence electrons. The molecule has 4 rings (SSSR count). The van der Waals surface area contributed by atoms with Crippen molar-refractivity contribution in [2.45, 2.75) is 45.1 Å². The fourth-order valence-electron chi connectivity index (χ4n) is 4.09. The third-order valence-corrected chi connectivity index (χ3v) is 6.27. The highest BCUT2D eigenvalue weighted by Crippen LogP contribution is 2.31. The number of anilines is 1. The average molecular weight is 487 g/mol. The lowest BCUT2D eigenvalue weighted by Gasteiger charge is -2.18. The summed E-state index contributed by atoms with van der Waals surface area (Å²) in [5.41, 5.74) is 2.77. The van der Waals surface area contributed by atoms with E-state index in [0.29, 0.717) is 18.5 Å². The summed E-state index contributed by atoms with van der Waals surface area (Å²) in [4.78, 5) is 21.5. The monoisotopic (exact) mass is 486 g/mol. The normalized spacial score (nSPS) is 23.1. The summed E-state index contributed by atoms with van der Waals surface area (Å²) in [7, 11) is 0. The van der Waals surface area contributed by atoms with E-state index in [2.05, 4.69) is 31.2 Å². The molecule has 0 amide bonds. The zero-order chi connectivity index (χ0) is 22.1. The third-order valence-electron chi connectivity index (χ3n) is 5.78. The molecule has 6 nitrogen and oxygen atoms in total. The quantitative estimate of drug-likeness (QED) is 0.511. The van der Waals surface area contributed by atoms with Crippen molar-refractivity contribution in [2.24, 2.45) is 5.92 Å². The number of carbonyl (C=O) groups excluding carboxylic acids is 1. The van der Waals surface area contributed by atoms with Crippen LogP contribution in [0.5, 0.6) is 0 Å². The molecule has 2 heterocycles. The summed E-state index contributed by atoms with van der Waals surface area (Å²) < 4.78 is 17.4. The Hall–Kier alpha value is -2.58. The largest absolute Gasteiger partial charge is 0.390 e. The number of hydrogen-bond acceptors (Lipinski definition) is 5. The van der Waals surface area contributed by atoms with Crippen LogP contribution in [0, 0.1) is 12.8 Å². The third kappa shape index (κ3) is 4.55. The number of benzene rings is 1. The van der Waals surface area contributed by atoms with Gasteiger partial charge in [0.05, 0.1) is 17.7 Å². The molecular weight excluding hydrogens is 463 g/mol. The van der Waals surface area contributed by atoms with Gasteiger partial charge in [0, 0.05) is 35.2 Å². The molecule has 4 atom stereocenters. The molecule has 0 aliphatic heterocycles. The van der Waals surface area contributed by atoms with Gasteiger partial charge >= 0.3 is 0 Å². The van der Waals surface area contributed by atoms with E-state index in [1.807, 2.05) is 55.1 Å². The van der Waals surface area contributed by atoms with Gasteiger partial charge in [-0.15, -0.1) is 0 Å². The summed E-state index contributed by atoms with van der Waals surface area (Å²) in [5.74, 6) is -0.105. The van der Waals surface area contributed by atoms with Crippen LogP contribution in [-0.2, 0) is 6.54 Å². The van der Waals surface area contributed by atoms with Gasteiger partial charge in [0.1, 0.15) is 18.3 Å². The number of aliphatic hydroxyl groups excluding tert-OH is 1. The number of nitrogens with one attached hydrogen (secondary N) is 1. The molecular formula is C23H24BrFN4O2. The van der Waals surface area contributed by atoms with Crippen molar-refractivity contribution in [2.75, 3.05) is 5.32 Å². The first-order chi connectivity index (χ1) is 14.8. The molecule has 1 aromatic carbocycles. The fraction of sp³-hybridized carbons (Fsp3) is 0.348. The van der Waals surface area contributed by atoms with Crippen LogP contribution in [0.2, 0.25) is 0 Å². The molecule has 3 aromatic rings. The SMILES string of the molecule is Cc1cn(Cc2cccc(Br)c2)cc1C(=O)c1cncnc1N[C@@H]1C[C@@H](C)[C@@H](O)[C@@H]1F. The molecule has 8 heteroatoms. The number of aliphatic hydroxyl groups is 1. The zero-order valence-electron chi connectivity index (χ0n) is 17.3. The van der Waals surface area contributed by atoms with E-state index in [9.17, 15) is 14.3 Å². The predicted octanol–water partition coefficient (Wildman–Crippen LogP) is 4.15. The highest BCUT2D eigenvalue weighted by Gasteiger charge is 2.41. The Labute approximate surface area is 188 Å². The summed E-state index contributed by atoms with van der Waals surface area (Å²) in [6, 6.07) is 7.40. The van der Waals surface area contributed by atoms with E-state index in [1.165, 1.54) is 12.5 Å². The summed E-state index contributed by atoms with van der Waals surface area (Å²) in [6.45, 7) is 4.32. The van der Waals surface area contributed by atoms with Crippen LogP contribution in [-0.4, -0.2) is 43.7 Å². The Balaban J connectivity index is 1.57. The van der Waals surface area contributed by atoms with E-state index in [1.54, 1.807) is 0 Å². The topological polar surface area (TPSA) is 80.0 Å². The Bertz CT molecular complexity index is 1100. The summed E-state index contributed by atoms with van der Waals surface area (Å²) in [6.07, 6.45) is 4.54. The summed E-state index contributed by atoms with van der Waals surface area (Å²) >= 11 is 3.48. The Morgan fingerprint density at radius 2 is 2.16 bits per heavy atom. The molecule has 31 heavy (non-hydrogen) atoms. The van der Waals surface area contributed by atoms with Gasteiger partial charge in [0.2, 0.25) is 0 Å². The Kier molecular flexibility index (Phi) is 6.20. The van der Waals surface area contributed by atoms with Crippen molar-refractivity contribution in [3.05, 3.63) is 75.9 Å². The van der Waals surface area contributed by atoms with Gasteiger partial charge in [-0.25, -0.2) is 14.4 Å². The minimum atomic E-state index is -1.42. The molecule has 0 saturated heterocycles. The van der Waals surface area contributed by atoms with Gasteiger partial charge in [-0.3, -0.25) is 4.79 Å². The van der Waals surface area contributed by atoms with Crippen LogP contribution in [0.4, 0.5) is 10.2 Å². The van der Waals surface area contributed by atoms with Crippen molar-refractivity contribution in [1.82, 2.24) is 14.5 Å². The first-order valence-electron chi connectivity index (χ1n) is 10.2. The van der Waals surface area contributed by atoms with Gasteiger partial charge in [-0.05, 0) is 42.5 Å². The highest BCUT2D eigenvalue weighted by atomic mass is 79.9. The molecule has 0 spiro atoms. The maximum atomic E-state index is 14.4. The van der Waals surface area contributed by atoms with Gasteiger partial charge in [0.15, 0.2) is 5.78 Å². The van der Waals surface area contributed by atoms with Crippen LogP contribution >= 0.6 is 15.9 Å². The zero-order valence-corrected chi connectivity index (χ0v) is 18.9. The Morgan fingerprint density at radius 1 is 1.35 bits per heavy atom. The van der Waals surface area contributed by atoms with Crippen molar-refractivity contribution in [1.29, 1.82) is 0 Å². The first kappa shape index (κ1) is 21.6. The van der Waals surface area contributed by atoms with Crippen molar-refractivity contribution in [3.8, 4) is 0 Å². The average Bonchev–Trinajstić information content (AvgIpc) is 3.22. The minimum Gasteiger partial charge on any atom is -0.390 e. The van der Waals surface area contributed by atoms with Crippen molar-refractivity contribution in [3.63, 3.8) is 0 Å². The lowest BCUT2D eigenvalue weighted by Crippen LogP contribution is -2.32. The van der Waals surface area contributed by atoms with Gasteiger partial charge < -0.3 is 15.0 Å². The van der Waals surface area contributed by atoms with Crippen molar-refractivity contribution < 1.29 is 14.3 Å². The van der Waals surface area contributed by atoms with E-state index in [4.69, 9.17) is 0 Å². The number of hydrogen-bond donors (Lipinski definition) is 2. The number of halogens is 2. The lowest BCUT2D eigenvalue weighted by atomic mass is 10.0. The number of aromatic nitrogens is 3. The molecule has 1 aliphatic carbocycles. The molecule has 1 fully saturated rings. The number of rotatable bonds is 6. The van der Waals surface area contributed by atoms with Crippen LogP contribution in [0.25, 0.3) is 0 Å². The van der Waals surface area contributed by atoms with Gasteiger partial charge in [-0.1, -0.05) is 35.0 Å². The molecule has 0 bridgehead atoms. The fourth-order valence-corrected chi connectivity index (χ4v) is 4.54. The highest BCUT2D eigenvalue weighted by molar-refractivity contribution is 9.10. The minimum absolute atomic E-state index is 0.164. The second kappa shape index (κ2) is 8.88. The standard InChI is InChI=1S/C23H24BrFN4O2/c1-13-6-19(20(25)21(13)30)28-23-17(8-26-12-27-23)22(31)18-11-29(9-14(18)2)10-15-4-3-5-16(24)7-15/h3-5,7-9,11-13,19-21,30H,6,10H2,1-2H3,(H,26,27,28)/t13-,19-,20-,21-/m1/s1. The van der Waals surface area contributed by atoms with E-state index in [-0.39, 0.29) is 23.1 Å². The second-order valence-corrected chi connectivity index (χ2v) is 9.09. The van der Waals surface area contributed by atoms with Crippen LogP contribution in [0.15, 0.2) is 53.7 Å². The van der Waals surface area contributed by atoms with Gasteiger partial charge in [0.25, 0.3) is 0 Å². The predicted molar refractivity (Wildman–Crippen MR) is 120 cm³/mol. The lowest BCUT2D eigenvalue weighted by molar-refractivity contribution is 0.0725. The number of nitrogens with zero attached hydrogens (tertiary/aromatic N) is 3. The number of aryl methyl sites for hydroxylation is 1. The number of ketones is 1. The van der Waals surface area contributed by atoms with E-state index < -0.39 is 18.3 Å². The summed E-state index contributed by atoms with van der Waals surface area (Å²) in [5, 5.41) is 13.0. The maximum Gasteiger partial charge on any atom is 0.200 e. The Morgan fingerprint density at radius 3 is 2.87 bits per heavy atom. The first-order valence-corrected chi connectivity index (χ1v) is 11.0. The molecule has 0 unspecified atom stereocenters. The molecule has 1 saturated carbocycles. The van der Waals surface area contributed by atoms with Crippen LogP contribution < -0.4 is 5.32 Å². The van der Waals surface area contributed by atoms with Crippen LogP contribution in [0.1, 0.15) is 40.4 Å². The van der Waals surface area contributed by atoms with Crippen molar-refractivity contribution >= 4 is 27.5 Å². The second-order valence-electron chi connectivity index (χ2n) is 8.17. The van der Waals surface area contributed by atoms with Gasteiger partial charge in [-0.2, -0.15) is 0 Å². The van der Waals surface area contributed by atoms with Crippen LogP contribution in [0.3, 0.4) is 0 Å². The molecule has 2 N–H and O–H groups in total. The molecule has 1 aliphatic rings. The smallest absolute Gasteiger partial charge is 0.200 e.